The van der Waals surface area contributed by atoms with E-state index in [0.717, 1.165) is 12.1 Å². The summed E-state index contributed by atoms with van der Waals surface area (Å²) in [6, 6.07) is 4.94. The van der Waals surface area contributed by atoms with Gasteiger partial charge in [-0.25, -0.2) is 8.78 Å². The quantitative estimate of drug-likeness (QED) is 0.553. The molecule has 0 fully saturated rings. The Bertz CT molecular complexity index is 627. The maximum absolute atomic E-state index is 13.7. The molecule has 2 rings (SSSR count). The van der Waals surface area contributed by atoms with Crippen molar-refractivity contribution in [2.45, 2.75) is 0 Å². The van der Waals surface area contributed by atoms with E-state index in [1.807, 2.05) is 0 Å². The second-order valence-electron chi connectivity index (χ2n) is 3.73. The maximum Gasteiger partial charge on any atom is 0.147 e. The number of rotatable bonds is 2. The molecule has 0 bridgehead atoms. The van der Waals surface area contributed by atoms with Gasteiger partial charge in [0.25, 0.3) is 0 Å². The van der Waals surface area contributed by atoms with Gasteiger partial charge in [-0.2, -0.15) is 0 Å². The summed E-state index contributed by atoms with van der Waals surface area (Å²) < 4.78 is 27.1. The number of hydrogen-bond donors (Lipinski definition) is 2. The van der Waals surface area contributed by atoms with Gasteiger partial charge in [0.2, 0.25) is 0 Å². The first-order valence-corrected chi connectivity index (χ1v) is 6.59. The van der Waals surface area contributed by atoms with Gasteiger partial charge in [0.1, 0.15) is 11.6 Å². The lowest BCUT2D eigenvalue weighted by atomic mass is 10.2. The van der Waals surface area contributed by atoms with Gasteiger partial charge in [0, 0.05) is 11.8 Å². The molecule has 0 unspecified atom stereocenters. The van der Waals surface area contributed by atoms with E-state index in [2.05, 4.69) is 21.2 Å². The van der Waals surface area contributed by atoms with Crippen LogP contribution in [0, 0.1) is 11.6 Å². The third kappa shape index (κ3) is 3.11. The number of nitrogens with two attached hydrogens (primary N) is 1. The summed E-state index contributed by atoms with van der Waals surface area (Å²) in [5.41, 5.74) is 6.12. The third-order valence-corrected chi connectivity index (χ3v) is 3.54. The normalized spacial score (nSPS) is 10.6. The minimum Gasteiger partial charge on any atom is -0.399 e. The van der Waals surface area contributed by atoms with Crippen molar-refractivity contribution in [3.63, 3.8) is 0 Å². The van der Waals surface area contributed by atoms with Crippen molar-refractivity contribution in [2.75, 3.05) is 11.1 Å². The Kier molecular flexibility index (Phi) is 4.18. The SMILES string of the molecule is Nc1cc(Cl)c(Nc2cc(F)c(Br)cc2F)c(Cl)c1. The molecule has 0 saturated carbocycles. The van der Waals surface area contributed by atoms with Crippen molar-refractivity contribution < 1.29 is 8.78 Å². The van der Waals surface area contributed by atoms with E-state index in [0.29, 0.717) is 5.69 Å². The first kappa shape index (κ1) is 14.4. The first-order chi connectivity index (χ1) is 8.88. The van der Waals surface area contributed by atoms with Crippen molar-refractivity contribution in [3.05, 3.63) is 50.4 Å². The maximum atomic E-state index is 13.7. The van der Waals surface area contributed by atoms with Crippen LogP contribution in [-0.2, 0) is 0 Å². The molecular weight excluding hydrogens is 361 g/mol. The van der Waals surface area contributed by atoms with Gasteiger partial charge >= 0.3 is 0 Å². The smallest absolute Gasteiger partial charge is 0.147 e. The van der Waals surface area contributed by atoms with Gasteiger partial charge in [0.15, 0.2) is 0 Å². The lowest BCUT2D eigenvalue weighted by Gasteiger charge is -2.12. The molecule has 7 heteroatoms. The highest BCUT2D eigenvalue weighted by Gasteiger charge is 2.12. The predicted octanol–water partition coefficient (Wildman–Crippen LogP) is 5.36. The van der Waals surface area contributed by atoms with Gasteiger partial charge in [0.05, 0.1) is 25.9 Å². The lowest BCUT2D eigenvalue weighted by molar-refractivity contribution is 0.598. The number of nitrogens with one attached hydrogen (secondary N) is 1. The summed E-state index contributed by atoms with van der Waals surface area (Å²) >= 11 is 14.8. The van der Waals surface area contributed by atoms with Crippen molar-refractivity contribution in [3.8, 4) is 0 Å². The Labute approximate surface area is 126 Å². The summed E-state index contributed by atoms with van der Waals surface area (Å²) in [5.74, 6) is -1.25. The Hall–Kier alpha value is -1.04. The van der Waals surface area contributed by atoms with Crippen LogP contribution in [0.2, 0.25) is 10.0 Å². The van der Waals surface area contributed by atoms with E-state index < -0.39 is 11.6 Å². The third-order valence-electron chi connectivity index (χ3n) is 2.33. The highest BCUT2D eigenvalue weighted by atomic mass is 79.9. The standard InChI is InChI=1S/C12H7BrCl2F2N2/c13-6-3-10(17)11(4-9(6)16)19-12-7(14)1-5(18)2-8(12)15/h1-4,19H,18H2. The van der Waals surface area contributed by atoms with Crippen LogP contribution in [0.25, 0.3) is 0 Å². The molecule has 3 N–H and O–H groups in total. The van der Waals surface area contributed by atoms with E-state index in [1.165, 1.54) is 12.1 Å². The molecule has 0 atom stereocenters. The zero-order chi connectivity index (χ0) is 14.2. The topological polar surface area (TPSA) is 38.0 Å². The molecule has 19 heavy (non-hydrogen) atoms. The largest absolute Gasteiger partial charge is 0.399 e. The highest BCUT2D eigenvalue weighted by molar-refractivity contribution is 9.10. The number of benzene rings is 2. The van der Waals surface area contributed by atoms with Crippen LogP contribution in [0.4, 0.5) is 25.8 Å². The minimum absolute atomic E-state index is 0.0325. The summed E-state index contributed by atoms with van der Waals surface area (Å²) in [7, 11) is 0. The molecule has 0 spiro atoms. The second kappa shape index (κ2) is 5.53. The van der Waals surface area contributed by atoms with Gasteiger partial charge in [-0.15, -0.1) is 0 Å². The molecule has 2 nitrogen and oxygen atoms in total. The molecular formula is C12H7BrCl2F2N2. The number of anilines is 3. The van der Waals surface area contributed by atoms with E-state index in [9.17, 15) is 8.78 Å². The summed E-state index contributed by atoms with van der Waals surface area (Å²) in [5, 5.41) is 3.08. The molecule has 2 aromatic carbocycles. The fourth-order valence-electron chi connectivity index (χ4n) is 1.47. The number of halogens is 5. The molecule has 0 saturated heterocycles. The number of nitrogen functional groups attached to an aromatic ring is 1. The van der Waals surface area contributed by atoms with Crippen LogP contribution in [0.3, 0.4) is 0 Å². The Morgan fingerprint density at radius 2 is 1.58 bits per heavy atom. The van der Waals surface area contributed by atoms with Crippen molar-refractivity contribution in [2.24, 2.45) is 0 Å². The molecule has 100 valence electrons. The van der Waals surface area contributed by atoms with Gasteiger partial charge in [-0.3, -0.25) is 0 Å². The molecule has 0 aliphatic carbocycles. The van der Waals surface area contributed by atoms with Crippen LogP contribution in [0.5, 0.6) is 0 Å². The Balaban J connectivity index is 2.45. The molecule has 0 amide bonds. The molecule has 0 aliphatic rings. The average molecular weight is 368 g/mol. The Morgan fingerprint density at radius 3 is 2.16 bits per heavy atom. The van der Waals surface area contributed by atoms with Gasteiger partial charge in [-0.05, 0) is 34.1 Å². The fourth-order valence-corrected chi connectivity index (χ4v) is 2.38. The van der Waals surface area contributed by atoms with Gasteiger partial charge in [-0.1, -0.05) is 23.2 Å². The minimum atomic E-state index is -0.641. The molecule has 0 radical (unpaired) electrons. The molecule has 0 aromatic heterocycles. The van der Waals surface area contributed by atoms with E-state index >= 15 is 0 Å². The molecule has 2 aromatic rings. The van der Waals surface area contributed by atoms with E-state index in [4.69, 9.17) is 28.9 Å². The first-order valence-electron chi connectivity index (χ1n) is 5.04. The fraction of sp³-hybridized carbons (Fsp3) is 0. The van der Waals surface area contributed by atoms with E-state index in [1.54, 1.807) is 0 Å². The zero-order valence-corrected chi connectivity index (χ0v) is 12.4. The molecule has 0 aliphatic heterocycles. The van der Waals surface area contributed by atoms with Gasteiger partial charge < -0.3 is 11.1 Å². The highest BCUT2D eigenvalue weighted by Crippen LogP contribution is 2.36. The average Bonchev–Trinajstić information content (AvgIpc) is 2.29. The summed E-state index contributed by atoms with van der Waals surface area (Å²) in [6.07, 6.45) is 0. The zero-order valence-electron chi connectivity index (χ0n) is 9.28. The second-order valence-corrected chi connectivity index (χ2v) is 5.40. The van der Waals surface area contributed by atoms with Crippen LogP contribution in [-0.4, -0.2) is 0 Å². The summed E-state index contributed by atoms with van der Waals surface area (Å²) in [4.78, 5) is 0. The van der Waals surface area contributed by atoms with Crippen LogP contribution in [0.15, 0.2) is 28.7 Å². The molecule has 0 heterocycles. The van der Waals surface area contributed by atoms with Crippen molar-refractivity contribution in [1.82, 2.24) is 0 Å². The van der Waals surface area contributed by atoms with E-state index in [-0.39, 0.29) is 25.9 Å². The Morgan fingerprint density at radius 1 is 1.00 bits per heavy atom. The van der Waals surface area contributed by atoms with Crippen molar-refractivity contribution in [1.29, 1.82) is 0 Å². The predicted molar refractivity (Wildman–Crippen MR) is 78.2 cm³/mol. The summed E-state index contributed by atoms with van der Waals surface area (Å²) in [6.45, 7) is 0. The van der Waals surface area contributed by atoms with Crippen LogP contribution >= 0.6 is 39.1 Å². The lowest BCUT2D eigenvalue weighted by Crippen LogP contribution is -1.98. The van der Waals surface area contributed by atoms with Crippen molar-refractivity contribution >= 4 is 56.2 Å². The van der Waals surface area contributed by atoms with Crippen LogP contribution in [0.1, 0.15) is 0 Å². The van der Waals surface area contributed by atoms with Crippen LogP contribution < -0.4 is 11.1 Å². The number of hydrogen-bond acceptors (Lipinski definition) is 2. The monoisotopic (exact) mass is 366 g/mol.